The van der Waals surface area contributed by atoms with Crippen LogP contribution in [-0.4, -0.2) is 16.4 Å². The first-order valence-corrected chi connectivity index (χ1v) is 8.51. The van der Waals surface area contributed by atoms with E-state index in [0.29, 0.717) is 22.9 Å². The summed E-state index contributed by atoms with van der Waals surface area (Å²) in [5.41, 5.74) is 1.51. The van der Waals surface area contributed by atoms with E-state index in [1.54, 1.807) is 24.5 Å². The standard InChI is InChI=1S/C14H20ClNO2S/c1-3-4-5-6-14(17)16-12-7-8-13(15)11(9-12)10-19(2)18/h7-9H,3-6,10H2,1-2H3,(H,16,17)/t19-/m0/s1. The van der Waals surface area contributed by atoms with Gasteiger partial charge in [-0.25, -0.2) is 0 Å². The Morgan fingerprint density at radius 2 is 2.11 bits per heavy atom. The van der Waals surface area contributed by atoms with Gasteiger partial charge in [0.15, 0.2) is 0 Å². The molecule has 0 aromatic heterocycles. The van der Waals surface area contributed by atoms with Crippen LogP contribution < -0.4 is 5.32 Å². The highest BCUT2D eigenvalue weighted by atomic mass is 35.5. The lowest BCUT2D eigenvalue weighted by atomic mass is 10.2. The Bertz CT molecular complexity index is 463. The molecule has 0 saturated carbocycles. The summed E-state index contributed by atoms with van der Waals surface area (Å²) in [6.45, 7) is 2.11. The minimum atomic E-state index is -0.951. The van der Waals surface area contributed by atoms with Gasteiger partial charge in [-0.3, -0.25) is 9.00 Å². The summed E-state index contributed by atoms with van der Waals surface area (Å²) in [5, 5.41) is 3.43. The quantitative estimate of drug-likeness (QED) is 0.780. The number of hydrogen-bond donors (Lipinski definition) is 1. The molecule has 106 valence electrons. The van der Waals surface area contributed by atoms with E-state index in [1.807, 2.05) is 0 Å². The number of halogens is 1. The van der Waals surface area contributed by atoms with Gasteiger partial charge in [-0.05, 0) is 30.2 Å². The van der Waals surface area contributed by atoms with E-state index < -0.39 is 10.8 Å². The lowest BCUT2D eigenvalue weighted by molar-refractivity contribution is -0.116. The molecule has 19 heavy (non-hydrogen) atoms. The Morgan fingerprint density at radius 1 is 1.37 bits per heavy atom. The smallest absolute Gasteiger partial charge is 0.224 e. The summed E-state index contributed by atoms with van der Waals surface area (Å²) in [4.78, 5) is 11.7. The maximum atomic E-state index is 11.7. The number of benzene rings is 1. The molecule has 1 atom stereocenters. The minimum Gasteiger partial charge on any atom is -0.326 e. The number of unbranched alkanes of at least 4 members (excludes halogenated alkanes) is 2. The van der Waals surface area contributed by atoms with E-state index in [2.05, 4.69) is 12.2 Å². The highest BCUT2D eigenvalue weighted by Gasteiger charge is 2.07. The molecule has 1 amide bonds. The predicted octanol–water partition coefficient (Wildman–Crippen LogP) is 3.74. The first-order chi connectivity index (χ1) is 9.02. The van der Waals surface area contributed by atoms with Crippen molar-refractivity contribution >= 4 is 34.0 Å². The van der Waals surface area contributed by atoms with Gasteiger partial charge in [-0.2, -0.15) is 0 Å². The van der Waals surface area contributed by atoms with E-state index in [-0.39, 0.29) is 5.91 Å². The third-order valence-electron chi connectivity index (χ3n) is 2.70. The zero-order chi connectivity index (χ0) is 14.3. The Balaban J connectivity index is 2.63. The molecule has 3 nitrogen and oxygen atoms in total. The highest BCUT2D eigenvalue weighted by Crippen LogP contribution is 2.22. The summed E-state index contributed by atoms with van der Waals surface area (Å²) in [6, 6.07) is 5.29. The van der Waals surface area contributed by atoms with Gasteiger partial charge in [-0.15, -0.1) is 0 Å². The highest BCUT2D eigenvalue weighted by molar-refractivity contribution is 7.83. The molecule has 1 aromatic carbocycles. The second kappa shape index (κ2) is 8.33. The Kier molecular flexibility index (Phi) is 7.10. The molecule has 0 fully saturated rings. The first kappa shape index (κ1) is 16.2. The fourth-order valence-electron chi connectivity index (χ4n) is 1.74. The molecule has 0 radical (unpaired) electrons. The topological polar surface area (TPSA) is 46.2 Å². The van der Waals surface area contributed by atoms with Crippen molar-refractivity contribution in [2.45, 2.75) is 38.4 Å². The maximum absolute atomic E-state index is 11.7. The number of carbonyl (C=O) groups excluding carboxylic acids is 1. The van der Waals surface area contributed by atoms with Crippen LogP contribution in [-0.2, 0) is 21.3 Å². The molecular formula is C14H20ClNO2S. The normalized spacial score (nSPS) is 12.2. The Morgan fingerprint density at radius 3 is 2.74 bits per heavy atom. The summed E-state index contributed by atoms with van der Waals surface area (Å²) in [7, 11) is -0.951. The average Bonchev–Trinajstić information content (AvgIpc) is 2.33. The minimum absolute atomic E-state index is 0.0133. The molecule has 0 spiro atoms. The zero-order valence-electron chi connectivity index (χ0n) is 11.4. The zero-order valence-corrected chi connectivity index (χ0v) is 12.9. The van der Waals surface area contributed by atoms with Crippen molar-refractivity contribution in [2.24, 2.45) is 0 Å². The van der Waals surface area contributed by atoms with E-state index in [4.69, 9.17) is 11.6 Å². The predicted molar refractivity (Wildman–Crippen MR) is 82.0 cm³/mol. The molecule has 0 unspecified atom stereocenters. The molecule has 0 bridgehead atoms. The molecule has 0 heterocycles. The van der Waals surface area contributed by atoms with Gasteiger partial charge in [0, 0.05) is 39.9 Å². The molecule has 0 saturated heterocycles. The van der Waals surface area contributed by atoms with Crippen molar-refractivity contribution in [1.29, 1.82) is 0 Å². The Hall–Kier alpha value is -0.870. The third-order valence-corrected chi connectivity index (χ3v) is 3.78. The van der Waals surface area contributed by atoms with Gasteiger partial charge in [0.2, 0.25) is 5.91 Å². The van der Waals surface area contributed by atoms with Crippen LogP contribution >= 0.6 is 11.6 Å². The van der Waals surface area contributed by atoms with Crippen molar-refractivity contribution in [2.75, 3.05) is 11.6 Å². The van der Waals surface area contributed by atoms with Gasteiger partial charge < -0.3 is 5.32 Å². The van der Waals surface area contributed by atoms with Crippen LogP contribution in [0.4, 0.5) is 5.69 Å². The van der Waals surface area contributed by atoms with Crippen molar-refractivity contribution < 1.29 is 9.00 Å². The number of anilines is 1. The second-order valence-corrected chi connectivity index (χ2v) is 6.37. The number of nitrogens with one attached hydrogen (secondary N) is 1. The molecule has 0 aliphatic heterocycles. The van der Waals surface area contributed by atoms with Crippen molar-refractivity contribution in [3.05, 3.63) is 28.8 Å². The van der Waals surface area contributed by atoms with E-state index in [0.717, 1.165) is 24.8 Å². The molecule has 0 aliphatic carbocycles. The van der Waals surface area contributed by atoms with Gasteiger partial charge in [0.1, 0.15) is 0 Å². The molecular weight excluding hydrogens is 282 g/mol. The van der Waals surface area contributed by atoms with Crippen LogP contribution in [0.5, 0.6) is 0 Å². The van der Waals surface area contributed by atoms with Crippen LogP contribution in [0.25, 0.3) is 0 Å². The van der Waals surface area contributed by atoms with Crippen LogP contribution in [0.2, 0.25) is 5.02 Å². The number of hydrogen-bond acceptors (Lipinski definition) is 2. The van der Waals surface area contributed by atoms with Gasteiger partial charge in [0.05, 0.1) is 0 Å². The van der Waals surface area contributed by atoms with Crippen LogP contribution in [0, 0.1) is 0 Å². The fraction of sp³-hybridized carbons (Fsp3) is 0.500. The third kappa shape index (κ3) is 6.21. The lowest BCUT2D eigenvalue weighted by Gasteiger charge is -2.08. The Labute approximate surface area is 122 Å². The maximum Gasteiger partial charge on any atom is 0.224 e. The summed E-state index contributed by atoms with van der Waals surface area (Å²) in [5.74, 6) is 0.414. The summed E-state index contributed by atoms with van der Waals surface area (Å²) >= 11 is 6.03. The van der Waals surface area contributed by atoms with Gasteiger partial charge in [-0.1, -0.05) is 31.4 Å². The SMILES string of the molecule is CCCCCC(=O)Nc1ccc(Cl)c(C[S@](C)=O)c1. The van der Waals surface area contributed by atoms with E-state index in [1.165, 1.54) is 0 Å². The van der Waals surface area contributed by atoms with Crippen molar-refractivity contribution in [3.63, 3.8) is 0 Å². The largest absolute Gasteiger partial charge is 0.326 e. The number of amides is 1. The number of carbonyl (C=O) groups is 1. The summed E-state index contributed by atoms with van der Waals surface area (Å²) < 4.78 is 11.2. The second-order valence-electron chi connectivity index (χ2n) is 4.53. The molecule has 1 aromatic rings. The summed E-state index contributed by atoms with van der Waals surface area (Å²) in [6.07, 6.45) is 5.23. The van der Waals surface area contributed by atoms with E-state index >= 15 is 0 Å². The van der Waals surface area contributed by atoms with E-state index in [9.17, 15) is 9.00 Å². The number of rotatable bonds is 7. The lowest BCUT2D eigenvalue weighted by Crippen LogP contribution is -2.11. The van der Waals surface area contributed by atoms with Gasteiger partial charge >= 0.3 is 0 Å². The van der Waals surface area contributed by atoms with Gasteiger partial charge in [0.25, 0.3) is 0 Å². The average molecular weight is 302 g/mol. The molecule has 1 N–H and O–H groups in total. The molecule has 0 aliphatic rings. The van der Waals surface area contributed by atoms with Crippen LogP contribution in [0.1, 0.15) is 38.2 Å². The molecule has 1 rings (SSSR count). The van der Waals surface area contributed by atoms with Crippen molar-refractivity contribution in [3.8, 4) is 0 Å². The monoisotopic (exact) mass is 301 g/mol. The first-order valence-electron chi connectivity index (χ1n) is 6.41. The van der Waals surface area contributed by atoms with Crippen LogP contribution in [0.3, 0.4) is 0 Å². The molecule has 5 heteroatoms. The van der Waals surface area contributed by atoms with Crippen LogP contribution in [0.15, 0.2) is 18.2 Å². The van der Waals surface area contributed by atoms with Crippen molar-refractivity contribution in [1.82, 2.24) is 0 Å². The fourth-order valence-corrected chi connectivity index (χ4v) is 2.68.